The van der Waals surface area contributed by atoms with E-state index in [1.165, 1.54) is 11.3 Å². The van der Waals surface area contributed by atoms with Gasteiger partial charge in [-0.1, -0.05) is 29.8 Å². The number of amides is 1. The van der Waals surface area contributed by atoms with E-state index in [2.05, 4.69) is 41.1 Å². The highest BCUT2D eigenvalue weighted by Gasteiger charge is 2.33. The van der Waals surface area contributed by atoms with Crippen LogP contribution >= 0.6 is 11.6 Å². The lowest BCUT2D eigenvalue weighted by molar-refractivity contribution is 0.0724. The first-order chi connectivity index (χ1) is 12.1. The second-order valence-electron chi connectivity index (χ2n) is 6.93. The molecular weight excluding hydrogens is 334 g/mol. The molecule has 4 rings (SSSR count). The van der Waals surface area contributed by atoms with Crippen LogP contribution in [0.1, 0.15) is 15.9 Å². The van der Waals surface area contributed by atoms with E-state index in [9.17, 15) is 4.79 Å². The second-order valence-corrected chi connectivity index (χ2v) is 7.37. The molecule has 0 aromatic heterocycles. The lowest BCUT2D eigenvalue weighted by Crippen LogP contribution is -2.55. The molecule has 25 heavy (non-hydrogen) atoms. The molecule has 0 saturated carbocycles. The van der Waals surface area contributed by atoms with Crippen LogP contribution in [0.2, 0.25) is 5.02 Å². The zero-order valence-electron chi connectivity index (χ0n) is 14.4. The molecule has 2 aromatic rings. The number of carbonyl (C=O) groups excluding carboxylic acids is 1. The Morgan fingerprint density at radius 2 is 1.80 bits per heavy atom. The van der Waals surface area contributed by atoms with E-state index in [1.807, 2.05) is 17.0 Å². The third kappa shape index (κ3) is 3.24. The van der Waals surface area contributed by atoms with Crippen LogP contribution in [0.15, 0.2) is 48.5 Å². The number of benzene rings is 2. The molecule has 1 atom stereocenters. The number of piperazine rings is 1. The fourth-order valence-corrected chi connectivity index (χ4v) is 3.99. The molecule has 130 valence electrons. The maximum absolute atomic E-state index is 13.1. The van der Waals surface area contributed by atoms with Crippen LogP contribution in [-0.4, -0.2) is 55.0 Å². The van der Waals surface area contributed by atoms with E-state index in [4.69, 9.17) is 11.6 Å². The minimum Gasteiger partial charge on any atom is -0.364 e. The Hall–Kier alpha value is -2.04. The fourth-order valence-electron chi connectivity index (χ4n) is 3.86. The predicted molar refractivity (Wildman–Crippen MR) is 101 cm³/mol. The van der Waals surface area contributed by atoms with Gasteiger partial charge in [0.1, 0.15) is 0 Å². The zero-order valence-corrected chi connectivity index (χ0v) is 15.1. The summed E-state index contributed by atoms with van der Waals surface area (Å²) in [6.07, 6.45) is 0. The van der Waals surface area contributed by atoms with E-state index in [1.54, 1.807) is 12.1 Å². The van der Waals surface area contributed by atoms with Crippen LogP contribution < -0.4 is 4.90 Å². The number of nitrogens with zero attached hydrogens (tertiary/aromatic N) is 3. The summed E-state index contributed by atoms with van der Waals surface area (Å²) in [4.78, 5) is 19.9. The van der Waals surface area contributed by atoms with E-state index in [-0.39, 0.29) is 5.91 Å². The Morgan fingerprint density at radius 1 is 1.04 bits per heavy atom. The first-order valence-electron chi connectivity index (χ1n) is 8.70. The minimum absolute atomic E-state index is 0.0709. The molecule has 2 aromatic carbocycles. The van der Waals surface area contributed by atoms with Crippen molar-refractivity contribution >= 4 is 23.2 Å². The minimum atomic E-state index is 0.0709. The van der Waals surface area contributed by atoms with Gasteiger partial charge < -0.3 is 14.7 Å². The van der Waals surface area contributed by atoms with E-state index in [0.717, 1.165) is 26.2 Å². The quantitative estimate of drug-likeness (QED) is 0.786. The number of likely N-dealkylation sites (N-methyl/N-ethyl adjacent to an activating group) is 1. The van der Waals surface area contributed by atoms with Gasteiger partial charge in [-0.15, -0.1) is 0 Å². The molecule has 1 amide bonds. The summed E-state index contributed by atoms with van der Waals surface area (Å²) in [5, 5.41) is 0.651. The van der Waals surface area contributed by atoms with Gasteiger partial charge in [0.2, 0.25) is 0 Å². The number of anilines is 1. The molecule has 2 aliphatic rings. The number of hydrogen-bond donors (Lipinski definition) is 0. The lowest BCUT2D eigenvalue weighted by Gasteiger charge is -2.41. The summed E-state index contributed by atoms with van der Waals surface area (Å²) in [6.45, 7) is 4.41. The first kappa shape index (κ1) is 16.4. The van der Waals surface area contributed by atoms with Crippen molar-refractivity contribution < 1.29 is 4.79 Å². The van der Waals surface area contributed by atoms with Gasteiger partial charge in [0.25, 0.3) is 5.91 Å². The van der Waals surface area contributed by atoms with Crippen molar-refractivity contribution in [3.63, 3.8) is 0 Å². The van der Waals surface area contributed by atoms with Crippen molar-refractivity contribution in [2.45, 2.75) is 12.6 Å². The number of fused-ring (bicyclic) bond motifs is 3. The highest BCUT2D eigenvalue weighted by atomic mass is 35.5. The normalized spacial score (nSPS) is 20.6. The molecule has 1 unspecified atom stereocenters. The van der Waals surface area contributed by atoms with Gasteiger partial charge in [0.05, 0.1) is 6.04 Å². The van der Waals surface area contributed by atoms with Gasteiger partial charge in [-0.05, 0) is 42.9 Å². The predicted octanol–water partition coefficient (Wildman–Crippen LogP) is 3.12. The molecule has 2 heterocycles. The molecule has 0 N–H and O–H groups in total. The molecule has 0 bridgehead atoms. The number of rotatable bonds is 1. The maximum atomic E-state index is 13.1. The van der Waals surface area contributed by atoms with Crippen molar-refractivity contribution in [2.24, 2.45) is 0 Å². The summed E-state index contributed by atoms with van der Waals surface area (Å²) in [5.41, 5.74) is 3.18. The average molecular weight is 356 g/mol. The summed E-state index contributed by atoms with van der Waals surface area (Å²) in [5.74, 6) is 0.0709. The molecular formula is C20H22ClN3O. The van der Waals surface area contributed by atoms with E-state index >= 15 is 0 Å². The van der Waals surface area contributed by atoms with E-state index in [0.29, 0.717) is 23.2 Å². The average Bonchev–Trinajstić information content (AvgIpc) is 2.78. The second kappa shape index (κ2) is 6.70. The molecule has 1 fully saturated rings. The molecule has 0 radical (unpaired) electrons. The number of halogens is 1. The van der Waals surface area contributed by atoms with Crippen LogP contribution in [0.25, 0.3) is 0 Å². The first-order valence-corrected chi connectivity index (χ1v) is 9.07. The number of para-hydroxylation sites is 1. The van der Waals surface area contributed by atoms with Gasteiger partial charge in [-0.2, -0.15) is 0 Å². The Kier molecular flexibility index (Phi) is 4.40. The monoisotopic (exact) mass is 355 g/mol. The Morgan fingerprint density at radius 3 is 2.60 bits per heavy atom. The van der Waals surface area contributed by atoms with Gasteiger partial charge in [0.15, 0.2) is 0 Å². The van der Waals surface area contributed by atoms with E-state index < -0.39 is 0 Å². The van der Waals surface area contributed by atoms with Crippen molar-refractivity contribution in [3.8, 4) is 0 Å². The van der Waals surface area contributed by atoms with Crippen LogP contribution in [0.3, 0.4) is 0 Å². The Bertz CT molecular complexity index is 777. The van der Waals surface area contributed by atoms with Crippen molar-refractivity contribution in [1.82, 2.24) is 9.80 Å². The van der Waals surface area contributed by atoms with Crippen LogP contribution in [-0.2, 0) is 6.54 Å². The molecule has 0 aliphatic carbocycles. The third-order valence-corrected chi connectivity index (χ3v) is 5.41. The van der Waals surface area contributed by atoms with Gasteiger partial charge in [-0.25, -0.2) is 0 Å². The summed E-state index contributed by atoms with van der Waals surface area (Å²) in [6, 6.07) is 16.0. The number of carbonyl (C=O) groups is 1. The maximum Gasteiger partial charge on any atom is 0.254 e. The molecule has 0 spiro atoms. The highest BCUT2D eigenvalue weighted by Crippen LogP contribution is 2.30. The molecule has 1 saturated heterocycles. The third-order valence-electron chi connectivity index (χ3n) is 5.16. The standard InChI is InChI=1S/C20H22ClN3O/c1-22-10-11-24-18(13-22)14-23(12-16-4-2-3-5-19(16)24)20(25)15-6-8-17(21)9-7-15/h2-9,18H,10-14H2,1H3. The summed E-state index contributed by atoms with van der Waals surface area (Å²) >= 11 is 5.97. The number of hydrogen-bond acceptors (Lipinski definition) is 3. The Balaban J connectivity index is 1.68. The molecule has 4 nitrogen and oxygen atoms in total. The van der Waals surface area contributed by atoms with Crippen molar-refractivity contribution in [3.05, 3.63) is 64.7 Å². The molecule has 5 heteroatoms. The Labute approximate surface area is 153 Å². The van der Waals surface area contributed by atoms with Crippen LogP contribution in [0.4, 0.5) is 5.69 Å². The SMILES string of the molecule is CN1CCN2c3ccccc3CN(C(=O)c3ccc(Cl)cc3)CC2C1. The summed E-state index contributed by atoms with van der Waals surface area (Å²) < 4.78 is 0. The van der Waals surface area contributed by atoms with Crippen molar-refractivity contribution in [2.75, 3.05) is 38.1 Å². The highest BCUT2D eigenvalue weighted by molar-refractivity contribution is 6.30. The fraction of sp³-hybridized carbons (Fsp3) is 0.350. The molecule has 2 aliphatic heterocycles. The van der Waals surface area contributed by atoms with Gasteiger partial charge >= 0.3 is 0 Å². The van der Waals surface area contributed by atoms with Crippen molar-refractivity contribution in [1.29, 1.82) is 0 Å². The topological polar surface area (TPSA) is 26.8 Å². The van der Waals surface area contributed by atoms with Gasteiger partial charge in [-0.3, -0.25) is 4.79 Å². The lowest BCUT2D eigenvalue weighted by atomic mass is 10.1. The van der Waals surface area contributed by atoms with Crippen LogP contribution in [0, 0.1) is 0 Å². The summed E-state index contributed by atoms with van der Waals surface area (Å²) in [7, 11) is 2.15. The smallest absolute Gasteiger partial charge is 0.254 e. The van der Waals surface area contributed by atoms with Crippen LogP contribution in [0.5, 0.6) is 0 Å². The largest absolute Gasteiger partial charge is 0.364 e. The zero-order chi connectivity index (χ0) is 17.4. The van der Waals surface area contributed by atoms with Gasteiger partial charge in [0, 0.05) is 49.0 Å².